The molecule has 1 amide bonds. The molecule has 0 aliphatic rings. The number of hydrogen-bond acceptors (Lipinski definition) is 8. The third-order valence-corrected chi connectivity index (χ3v) is 8.16. The Kier molecular flexibility index (Phi) is 14.4. The number of allylic oxidation sites excluding steroid dienone is 4. The smallest absolute Gasteiger partial charge is 0.259 e. The summed E-state index contributed by atoms with van der Waals surface area (Å²) >= 11 is 7.32. The Morgan fingerprint density at radius 3 is 2.39 bits per heavy atom. The number of aryl methyl sites for hydroxylation is 2. The second-order valence-electron chi connectivity index (χ2n) is 11.2. The van der Waals surface area contributed by atoms with Gasteiger partial charge in [-0.2, -0.15) is 0 Å². The highest BCUT2D eigenvalue weighted by Crippen LogP contribution is 2.34. The summed E-state index contributed by atoms with van der Waals surface area (Å²) in [5.74, 6) is 0.877. The quantitative estimate of drug-likeness (QED) is 0.159. The summed E-state index contributed by atoms with van der Waals surface area (Å²) in [7, 11) is 1.53. The van der Waals surface area contributed by atoms with Gasteiger partial charge in [0.2, 0.25) is 5.13 Å². The third-order valence-electron chi connectivity index (χ3n) is 7.20. The zero-order chi connectivity index (χ0) is 33.0. The van der Waals surface area contributed by atoms with E-state index in [2.05, 4.69) is 65.3 Å². The van der Waals surface area contributed by atoms with Gasteiger partial charge >= 0.3 is 0 Å². The van der Waals surface area contributed by atoms with E-state index < -0.39 is 5.60 Å². The van der Waals surface area contributed by atoms with E-state index in [0.717, 1.165) is 29.1 Å². The number of aliphatic hydroxyl groups is 1. The summed E-state index contributed by atoms with van der Waals surface area (Å²) in [6.07, 6.45) is 12.7. The second-order valence-corrected chi connectivity index (χ2v) is 12.7. The summed E-state index contributed by atoms with van der Waals surface area (Å²) < 4.78 is 5.36. The zero-order valence-electron chi connectivity index (χ0n) is 27.6. The SMILES string of the molecule is COc1cnc(Cl)cc1-c1cc(C)ncc1C(=O)Nc1nnc(C)s1.C\C=C(/C=C\C(CC(C)CC)=C(\C)CC)C(C)(C)O. The van der Waals surface area contributed by atoms with E-state index >= 15 is 0 Å². The number of nitrogens with zero attached hydrogens (tertiary/aromatic N) is 4. The first-order chi connectivity index (χ1) is 20.7. The van der Waals surface area contributed by atoms with Crippen LogP contribution in [0.4, 0.5) is 5.13 Å². The van der Waals surface area contributed by atoms with Gasteiger partial charge in [0.05, 0.1) is 24.5 Å². The van der Waals surface area contributed by atoms with Gasteiger partial charge in [0.1, 0.15) is 15.9 Å². The number of ether oxygens (including phenoxy) is 1. The monoisotopic (exact) mass is 639 g/mol. The molecule has 8 nitrogen and oxygen atoms in total. The van der Waals surface area contributed by atoms with Gasteiger partial charge in [-0.15, -0.1) is 10.2 Å². The molecular formula is C34H46ClN5O3S. The molecule has 0 radical (unpaired) electrons. The lowest BCUT2D eigenvalue weighted by molar-refractivity contribution is 0.102. The third kappa shape index (κ3) is 10.9. The maximum atomic E-state index is 12.7. The van der Waals surface area contributed by atoms with E-state index in [-0.39, 0.29) is 5.91 Å². The lowest BCUT2D eigenvalue weighted by atomic mass is 9.92. The van der Waals surface area contributed by atoms with Crippen LogP contribution in [0.15, 0.2) is 59.5 Å². The van der Waals surface area contributed by atoms with Crippen molar-refractivity contribution in [1.82, 2.24) is 20.2 Å². The van der Waals surface area contributed by atoms with Crippen LogP contribution in [-0.2, 0) is 0 Å². The van der Waals surface area contributed by atoms with Gasteiger partial charge in [-0.05, 0) is 83.6 Å². The predicted octanol–water partition coefficient (Wildman–Crippen LogP) is 8.95. The predicted molar refractivity (Wildman–Crippen MR) is 183 cm³/mol. The van der Waals surface area contributed by atoms with Gasteiger partial charge < -0.3 is 9.84 Å². The fourth-order valence-electron chi connectivity index (χ4n) is 4.24. The number of amides is 1. The molecule has 3 rings (SSSR count). The lowest BCUT2D eigenvalue weighted by Gasteiger charge is -2.19. The van der Waals surface area contributed by atoms with Gasteiger partial charge in [-0.25, -0.2) is 4.98 Å². The molecule has 0 saturated heterocycles. The molecule has 0 spiro atoms. The maximum absolute atomic E-state index is 12.7. The Morgan fingerprint density at radius 1 is 1.14 bits per heavy atom. The fourth-order valence-corrected chi connectivity index (χ4v) is 4.99. The highest BCUT2D eigenvalue weighted by Gasteiger charge is 2.19. The number of carbonyl (C=O) groups is 1. The molecule has 44 heavy (non-hydrogen) atoms. The highest BCUT2D eigenvalue weighted by atomic mass is 35.5. The van der Waals surface area contributed by atoms with Gasteiger partial charge in [0.15, 0.2) is 0 Å². The highest BCUT2D eigenvalue weighted by molar-refractivity contribution is 7.15. The van der Waals surface area contributed by atoms with Crippen molar-refractivity contribution in [3.63, 3.8) is 0 Å². The van der Waals surface area contributed by atoms with Crippen molar-refractivity contribution >= 4 is 34.0 Å². The number of halogens is 1. The summed E-state index contributed by atoms with van der Waals surface area (Å²) in [5, 5.41) is 22.1. The minimum atomic E-state index is -0.771. The molecule has 3 heterocycles. The van der Waals surface area contributed by atoms with E-state index in [0.29, 0.717) is 38.6 Å². The Hall–Kier alpha value is -3.40. The number of carbonyl (C=O) groups excluding carboxylic acids is 1. The van der Waals surface area contributed by atoms with E-state index in [1.807, 2.05) is 40.7 Å². The summed E-state index contributed by atoms with van der Waals surface area (Å²) in [5.41, 5.74) is 5.50. The van der Waals surface area contributed by atoms with Crippen LogP contribution in [0.25, 0.3) is 11.1 Å². The normalized spacial score (nSPS) is 13.2. The fraction of sp³-hybridized carbons (Fsp3) is 0.441. The summed E-state index contributed by atoms with van der Waals surface area (Å²) in [6, 6.07) is 3.45. The summed E-state index contributed by atoms with van der Waals surface area (Å²) in [6.45, 7) is 18.2. The van der Waals surface area contributed by atoms with Crippen molar-refractivity contribution in [3.8, 4) is 16.9 Å². The van der Waals surface area contributed by atoms with Crippen molar-refractivity contribution in [1.29, 1.82) is 0 Å². The van der Waals surface area contributed by atoms with E-state index in [1.54, 1.807) is 12.1 Å². The molecule has 1 unspecified atom stereocenters. The van der Waals surface area contributed by atoms with Crippen molar-refractivity contribution in [2.45, 2.75) is 87.2 Å². The topological polar surface area (TPSA) is 110 Å². The van der Waals surface area contributed by atoms with E-state index in [4.69, 9.17) is 16.3 Å². The Labute approximate surface area is 271 Å². The van der Waals surface area contributed by atoms with E-state index in [9.17, 15) is 9.90 Å². The molecule has 0 bridgehead atoms. The molecule has 3 aromatic rings. The standard InChI is InChI=1S/C18H32O.C16H14ClN5O2S/c1-8-14(4)13-16(15(5)9-2)11-12-17(10-3)18(6,7)19;1-8-4-10(11-5-14(17)19-7-13(11)24-3)12(6-18-8)15(23)20-16-22-21-9(2)25-16/h10-12,14,19H,8-9,13H2,1-7H3;4-7H,1-3H3,(H,20,22,23)/b12-11-,16-15+,17-10+;. The second kappa shape index (κ2) is 17.2. The lowest BCUT2D eigenvalue weighted by Crippen LogP contribution is -2.20. The minimum absolute atomic E-state index is 0.302. The number of methoxy groups -OCH3 is 1. The first-order valence-electron chi connectivity index (χ1n) is 14.8. The van der Waals surface area contributed by atoms with Crippen LogP contribution < -0.4 is 10.1 Å². The number of aromatic nitrogens is 4. The first kappa shape index (κ1) is 36.8. The van der Waals surface area contributed by atoms with E-state index in [1.165, 1.54) is 48.4 Å². The maximum Gasteiger partial charge on any atom is 0.259 e. The first-order valence-corrected chi connectivity index (χ1v) is 16.0. The Morgan fingerprint density at radius 2 is 1.84 bits per heavy atom. The molecule has 0 aromatic carbocycles. The van der Waals surface area contributed by atoms with Crippen LogP contribution in [0.2, 0.25) is 5.15 Å². The number of rotatable bonds is 11. The van der Waals surface area contributed by atoms with Crippen molar-refractivity contribution < 1.29 is 14.6 Å². The van der Waals surface area contributed by atoms with Crippen LogP contribution >= 0.6 is 22.9 Å². The molecule has 10 heteroatoms. The van der Waals surface area contributed by atoms with Crippen LogP contribution in [0.1, 0.15) is 88.8 Å². The van der Waals surface area contributed by atoms with Crippen LogP contribution in [-0.4, -0.2) is 43.9 Å². The van der Waals surface area contributed by atoms with Crippen LogP contribution in [0, 0.1) is 19.8 Å². The molecule has 0 aliphatic heterocycles. The molecule has 0 fully saturated rings. The molecule has 3 aromatic heterocycles. The van der Waals surface area contributed by atoms with Crippen molar-refractivity contribution in [3.05, 3.63) is 80.9 Å². The van der Waals surface area contributed by atoms with Gasteiger partial charge in [-0.3, -0.25) is 15.1 Å². The largest absolute Gasteiger partial charge is 0.494 e. The Bertz CT molecular complexity index is 1500. The average molecular weight is 640 g/mol. The molecule has 2 N–H and O–H groups in total. The van der Waals surface area contributed by atoms with Crippen LogP contribution in [0.3, 0.4) is 0 Å². The molecule has 0 aliphatic carbocycles. The number of pyridine rings is 2. The van der Waals surface area contributed by atoms with Crippen molar-refractivity contribution in [2.24, 2.45) is 5.92 Å². The zero-order valence-corrected chi connectivity index (χ0v) is 29.2. The molecule has 1 atom stereocenters. The summed E-state index contributed by atoms with van der Waals surface area (Å²) in [4.78, 5) is 21.0. The molecule has 238 valence electrons. The molecule has 0 saturated carbocycles. The number of anilines is 1. The minimum Gasteiger partial charge on any atom is -0.494 e. The number of nitrogens with one attached hydrogen (secondary N) is 1. The average Bonchev–Trinajstić information content (AvgIpc) is 3.39. The van der Waals surface area contributed by atoms with Crippen molar-refractivity contribution in [2.75, 3.05) is 12.4 Å². The van der Waals surface area contributed by atoms with Crippen LogP contribution in [0.5, 0.6) is 5.75 Å². The van der Waals surface area contributed by atoms with Gasteiger partial charge in [0.25, 0.3) is 5.91 Å². The van der Waals surface area contributed by atoms with Gasteiger partial charge in [-0.1, -0.05) is 73.9 Å². The number of hydrogen-bond donors (Lipinski definition) is 2. The Balaban J connectivity index is 0.000000321. The molecular weight excluding hydrogens is 594 g/mol. The van der Waals surface area contributed by atoms with Gasteiger partial charge in [0, 0.05) is 23.0 Å².